The van der Waals surface area contributed by atoms with Crippen molar-refractivity contribution in [2.24, 2.45) is 0 Å². The Morgan fingerprint density at radius 2 is 2.10 bits per heavy atom. The minimum absolute atomic E-state index is 0.0988. The molecule has 0 radical (unpaired) electrons. The number of carbonyl (C=O) groups excluding carboxylic acids is 1. The van der Waals surface area contributed by atoms with Crippen molar-refractivity contribution in [3.63, 3.8) is 0 Å². The molecule has 1 aromatic heterocycles. The number of nitrogens with one attached hydrogen (secondary N) is 1. The van der Waals surface area contributed by atoms with Crippen LogP contribution in [0.5, 0.6) is 5.75 Å². The lowest BCUT2D eigenvalue weighted by atomic mass is 9.99. The molecule has 1 aliphatic rings. The molecule has 21 heavy (non-hydrogen) atoms. The quantitative estimate of drug-likeness (QED) is 0.853. The smallest absolute Gasteiger partial charge is 0.265 e. The topological polar surface area (TPSA) is 64.3 Å². The number of hydrogen-bond acceptors (Lipinski definition) is 4. The van der Waals surface area contributed by atoms with Crippen molar-refractivity contribution in [2.75, 3.05) is 18.2 Å². The van der Waals surface area contributed by atoms with Crippen LogP contribution in [0.4, 0.5) is 11.4 Å². The van der Waals surface area contributed by atoms with Crippen LogP contribution in [0.15, 0.2) is 24.3 Å². The average molecular weight is 302 g/mol. The lowest BCUT2D eigenvalue weighted by molar-refractivity contribution is 0.103. The second kappa shape index (κ2) is 5.77. The summed E-state index contributed by atoms with van der Waals surface area (Å²) >= 11 is 1.60. The molecule has 110 valence electrons. The molecule has 3 N–H and O–H groups in total. The van der Waals surface area contributed by atoms with Gasteiger partial charge in [-0.3, -0.25) is 4.79 Å². The van der Waals surface area contributed by atoms with Gasteiger partial charge in [-0.1, -0.05) is 0 Å². The van der Waals surface area contributed by atoms with Crippen molar-refractivity contribution in [2.45, 2.75) is 25.7 Å². The number of methoxy groups -OCH3 is 1. The van der Waals surface area contributed by atoms with Crippen molar-refractivity contribution in [1.82, 2.24) is 0 Å². The number of anilines is 2. The Morgan fingerprint density at radius 1 is 1.29 bits per heavy atom. The number of nitrogens with two attached hydrogens (primary N) is 1. The number of hydrogen-bond donors (Lipinski definition) is 2. The second-order valence-electron chi connectivity index (χ2n) is 5.18. The molecule has 0 aliphatic heterocycles. The molecule has 5 heteroatoms. The first kappa shape index (κ1) is 13.9. The van der Waals surface area contributed by atoms with E-state index in [1.54, 1.807) is 36.6 Å². The van der Waals surface area contributed by atoms with Gasteiger partial charge in [-0.05, 0) is 55.5 Å². The fraction of sp³-hybridized carbons (Fsp3) is 0.312. The molecular formula is C16H18N2O2S. The number of amides is 1. The Morgan fingerprint density at radius 3 is 2.86 bits per heavy atom. The molecule has 1 aromatic carbocycles. The van der Waals surface area contributed by atoms with Crippen LogP contribution in [0.3, 0.4) is 0 Å². The van der Waals surface area contributed by atoms with Crippen LogP contribution in [-0.4, -0.2) is 13.0 Å². The first-order valence-corrected chi connectivity index (χ1v) is 7.85. The number of carbonyl (C=O) groups is 1. The number of rotatable bonds is 3. The van der Waals surface area contributed by atoms with Crippen molar-refractivity contribution in [1.29, 1.82) is 0 Å². The summed E-state index contributed by atoms with van der Waals surface area (Å²) in [5, 5.41) is 2.89. The summed E-state index contributed by atoms with van der Waals surface area (Å²) in [5.41, 5.74) is 8.30. The summed E-state index contributed by atoms with van der Waals surface area (Å²) in [7, 11) is 1.57. The van der Waals surface area contributed by atoms with Gasteiger partial charge >= 0.3 is 0 Å². The van der Waals surface area contributed by atoms with Gasteiger partial charge < -0.3 is 15.8 Å². The van der Waals surface area contributed by atoms with E-state index in [1.807, 2.05) is 6.07 Å². The third-order valence-electron chi connectivity index (χ3n) is 3.69. The van der Waals surface area contributed by atoms with Gasteiger partial charge in [0.05, 0.1) is 17.7 Å². The van der Waals surface area contributed by atoms with Crippen LogP contribution >= 0.6 is 11.3 Å². The van der Waals surface area contributed by atoms with Gasteiger partial charge in [-0.25, -0.2) is 0 Å². The molecule has 2 aromatic rings. The highest BCUT2D eigenvalue weighted by Gasteiger charge is 2.18. The number of ether oxygens (including phenoxy) is 1. The zero-order valence-corrected chi connectivity index (χ0v) is 12.8. The maximum absolute atomic E-state index is 12.4. The van der Waals surface area contributed by atoms with Crippen LogP contribution in [0, 0.1) is 0 Å². The standard InChI is InChI=1S/C16H18N2O2S/c1-20-13-7-6-11(17)9-12(13)18-16(19)15-8-10-4-2-3-5-14(10)21-15/h6-9H,2-5,17H2,1H3,(H,18,19). The molecule has 1 aliphatic carbocycles. The zero-order valence-electron chi connectivity index (χ0n) is 11.9. The van der Waals surface area contributed by atoms with E-state index in [9.17, 15) is 4.79 Å². The summed E-state index contributed by atoms with van der Waals surface area (Å²) in [5.74, 6) is 0.511. The molecule has 4 nitrogen and oxygen atoms in total. The Labute approximate surface area is 127 Å². The number of thiophene rings is 1. The van der Waals surface area contributed by atoms with E-state index in [0.717, 1.165) is 17.7 Å². The summed E-state index contributed by atoms with van der Waals surface area (Å²) in [6.45, 7) is 0. The van der Waals surface area contributed by atoms with E-state index in [-0.39, 0.29) is 5.91 Å². The largest absolute Gasteiger partial charge is 0.495 e. The first-order chi connectivity index (χ1) is 10.2. The molecular weight excluding hydrogens is 284 g/mol. The van der Waals surface area contributed by atoms with Gasteiger partial charge in [0.15, 0.2) is 0 Å². The molecule has 0 atom stereocenters. The van der Waals surface area contributed by atoms with Gasteiger partial charge in [-0.2, -0.15) is 0 Å². The van der Waals surface area contributed by atoms with E-state index in [0.29, 0.717) is 17.1 Å². The molecule has 0 bridgehead atoms. The van der Waals surface area contributed by atoms with Crippen LogP contribution in [-0.2, 0) is 12.8 Å². The van der Waals surface area contributed by atoms with E-state index in [4.69, 9.17) is 10.5 Å². The Hall–Kier alpha value is -2.01. The lowest BCUT2D eigenvalue weighted by Gasteiger charge is -2.10. The van der Waals surface area contributed by atoms with Crippen LogP contribution in [0.1, 0.15) is 33.0 Å². The number of nitrogen functional groups attached to an aromatic ring is 1. The van der Waals surface area contributed by atoms with E-state index in [2.05, 4.69) is 5.32 Å². The molecule has 1 amide bonds. The van der Waals surface area contributed by atoms with Crippen LogP contribution in [0.25, 0.3) is 0 Å². The Bertz CT molecular complexity index is 655. The van der Waals surface area contributed by atoms with E-state index < -0.39 is 0 Å². The number of benzene rings is 1. The fourth-order valence-electron chi connectivity index (χ4n) is 2.61. The van der Waals surface area contributed by atoms with Gasteiger partial charge in [-0.15, -0.1) is 11.3 Å². The highest BCUT2D eigenvalue weighted by molar-refractivity contribution is 7.14. The molecule has 3 rings (SSSR count). The highest BCUT2D eigenvalue weighted by Crippen LogP contribution is 2.31. The van der Waals surface area contributed by atoms with Gasteiger partial charge in [0.1, 0.15) is 5.75 Å². The highest BCUT2D eigenvalue weighted by atomic mass is 32.1. The number of aryl methyl sites for hydroxylation is 2. The Balaban J connectivity index is 1.83. The third-order valence-corrected chi connectivity index (χ3v) is 4.93. The van der Waals surface area contributed by atoms with Gasteiger partial charge in [0.2, 0.25) is 0 Å². The maximum atomic E-state index is 12.4. The summed E-state index contributed by atoms with van der Waals surface area (Å²) in [6, 6.07) is 7.24. The van der Waals surface area contributed by atoms with E-state index in [1.165, 1.54) is 23.3 Å². The number of fused-ring (bicyclic) bond motifs is 1. The van der Waals surface area contributed by atoms with Crippen molar-refractivity contribution in [3.8, 4) is 5.75 Å². The van der Waals surface area contributed by atoms with Gasteiger partial charge in [0.25, 0.3) is 5.91 Å². The second-order valence-corrected chi connectivity index (χ2v) is 6.32. The third kappa shape index (κ3) is 2.88. The SMILES string of the molecule is COc1ccc(N)cc1NC(=O)c1cc2c(s1)CCCC2. The molecule has 0 saturated carbocycles. The lowest BCUT2D eigenvalue weighted by Crippen LogP contribution is -2.11. The zero-order chi connectivity index (χ0) is 14.8. The molecule has 0 saturated heterocycles. The normalized spacial score (nSPS) is 13.6. The monoisotopic (exact) mass is 302 g/mol. The molecule has 0 unspecified atom stereocenters. The maximum Gasteiger partial charge on any atom is 0.265 e. The van der Waals surface area contributed by atoms with E-state index >= 15 is 0 Å². The predicted molar refractivity (Wildman–Crippen MR) is 86.3 cm³/mol. The van der Waals surface area contributed by atoms with Gasteiger partial charge in [0, 0.05) is 10.6 Å². The summed E-state index contributed by atoms with van der Waals surface area (Å²) in [4.78, 5) is 14.5. The van der Waals surface area contributed by atoms with Crippen molar-refractivity contribution < 1.29 is 9.53 Å². The summed E-state index contributed by atoms with van der Waals surface area (Å²) in [6.07, 6.45) is 4.61. The fourth-order valence-corrected chi connectivity index (χ4v) is 3.76. The predicted octanol–water partition coefficient (Wildman–Crippen LogP) is 3.47. The Kier molecular flexibility index (Phi) is 3.84. The first-order valence-electron chi connectivity index (χ1n) is 7.04. The van der Waals surface area contributed by atoms with Crippen molar-refractivity contribution >= 4 is 28.6 Å². The average Bonchev–Trinajstić information content (AvgIpc) is 2.91. The molecule has 0 spiro atoms. The van der Waals surface area contributed by atoms with Crippen LogP contribution in [0.2, 0.25) is 0 Å². The van der Waals surface area contributed by atoms with Crippen LogP contribution < -0.4 is 15.8 Å². The molecule has 0 fully saturated rings. The van der Waals surface area contributed by atoms with Crippen molar-refractivity contribution in [3.05, 3.63) is 39.6 Å². The minimum Gasteiger partial charge on any atom is -0.495 e. The summed E-state index contributed by atoms with van der Waals surface area (Å²) < 4.78 is 5.25. The minimum atomic E-state index is -0.0988. The molecule has 1 heterocycles.